The van der Waals surface area contributed by atoms with Gasteiger partial charge in [-0.2, -0.15) is 0 Å². The molecule has 2 nitrogen and oxygen atoms in total. The molecule has 2 unspecified atom stereocenters. The third-order valence-electron chi connectivity index (χ3n) is 3.22. The van der Waals surface area contributed by atoms with Gasteiger partial charge in [0.2, 0.25) is 0 Å². The van der Waals surface area contributed by atoms with E-state index in [0.29, 0.717) is 6.04 Å². The van der Waals surface area contributed by atoms with E-state index in [4.69, 9.17) is 0 Å². The van der Waals surface area contributed by atoms with Gasteiger partial charge >= 0.3 is 0 Å². The Labute approximate surface area is 105 Å². The minimum atomic E-state index is 0.0676. The maximum atomic E-state index is 9.49. The van der Waals surface area contributed by atoms with Gasteiger partial charge in [-0.3, -0.25) is 0 Å². The predicted octanol–water partition coefficient (Wildman–Crippen LogP) is 3.28. The van der Waals surface area contributed by atoms with Crippen LogP contribution in [0.25, 0.3) is 0 Å². The Morgan fingerprint density at radius 2 is 1.88 bits per heavy atom. The Balaban J connectivity index is 2.56. The summed E-state index contributed by atoms with van der Waals surface area (Å²) in [5, 5.41) is 13.0. The fourth-order valence-electron chi connectivity index (χ4n) is 2.08. The van der Waals surface area contributed by atoms with Gasteiger partial charge in [0.1, 0.15) is 0 Å². The molecular formula is C15H25NO. The molecule has 17 heavy (non-hydrogen) atoms. The van der Waals surface area contributed by atoms with Crippen LogP contribution >= 0.6 is 0 Å². The van der Waals surface area contributed by atoms with Crippen LogP contribution in [0, 0.1) is 0 Å². The first-order valence-electron chi connectivity index (χ1n) is 6.73. The highest BCUT2D eigenvalue weighted by molar-refractivity contribution is 5.19. The number of nitrogens with one attached hydrogen (secondary N) is 1. The minimum Gasteiger partial charge on any atom is -0.394 e. The average molecular weight is 235 g/mol. The average Bonchev–Trinajstić information content (AvgIpc) is 2.40. The highest BCUT2D eigenvalue weighted by Crippen LogP contribution is 2.15. The summed E-state index contributed by atoms with van der Waals surface area (Å²) >= 11 is 0. The minimum absolute atomic E-state index is 0.0676. The molecule has 2 heteroatoms. The fraction of sp³-hybridized carbons (Fsp3) is 0.600. The molecule has 0 aliphatic heterocycles. The summed E-state index contributed by atoms with van der Waals surface area (Å²) in [7, 11) is 0. The SMILES string of the molecule is CCCCC(CC)NC(CO)c1ccccc1. The third-order valence-corrected chi connectivity index (χ3v) is 3.22. The molecule has 2 N–H and O–H groups in total. The van der Waals surface area contributed by atoms with Crippen LogP contribution < -0.4 is 5.32 Å². The van der Waals surface area contributed by atoms with Crippen LogP contribution in [-0.2, 0) is 0 Å². The molecule has 0 saturated heterocycles. The van der Waals surface area contributed by atoms with E-state index in [2.05, 4.69) is 31.3 Å². The lowest BCUT2D eigenvalue weighted by molar-refractivity contribution is 0.228. The van der Waals surface area contributed by atoms with Crippen molar-refractivity contribution >= 4 is 0 Å². The molecule has 96 valence electrons. The van der Waals surface area contributed by atoms with Crippen molar-refractivity contribution in [2.24, 2.45) is 0 Å². The van der Waals surface area contributed by atoms with E-state index < -0.39 is 0 Å². The van der Waals surface area contributed by atoms with E-state index >= 15 is 0 Å². The van der Waals surface area contributed by atoms with Gasteiger partial charge in [0, 0.05) is 6.04 Å². The van der Waals surface area contributed by atoms with Gasteiger partial charge in [-0.25, -0.2) is 0 Å². The first-order valence-corrected chi connectivity index (χ1v) is 6.73. The van der Waals surface area contributed by atoms with Crippen molar-refractivity contribution in [3.63, 3.8) is 0 Å². The maximum Gasteiger partial charge on any atom is 0.0626 e. The molecule has 0 aliphatic rings. The van der Waals surface area contributed by atoms with Gasteiger partial charge < -0.3 is 10.4 Å². The van der Waals surface area contributed by atoms with Crippen molar-refractivity contribution in [2.45, 2.75) is 51.6 Å². The van der Waals surface area contributed by atoms with Crippen molar-refractivity contribution in [1.82, 2.24) is 5.32 Å². The summed E-state index contributed by atoms with van der Waals surface area (Å²) in [6.07, 6.45) is 4.78. The Bertz CT molecular complexity index is 286. The number of hydrogen-bond acceptors (Lipinski definition) is 2. The molecule has 0 bridgehead atoms. The molecular weight excluding hydrogens is 210 g/mol. The molecule has 0 heterocycles. The van der Waals surface area contributed by atoms with Crippen LogP contribution in [0.3, 0.4) is 0 Å². The normalized spacial score (nSPS) is 14.5. The molecule has 1 aromatic carbocycles. The largest absolute Gasteiger partial charge is 0.394 e. The zero-order chi connectivity index (χ0) is 12.5. The lowest BCUT2D eigenvalue weighted by Crippen LogP contribution is -2.34. The second-order valence-corrected chi connectivity index (χ2v) is 4.56. The summed E-state index contributed by atoms with van der Waals surface area (Å²) in [4.78, 5) is 0. The quantitative estimate of drug-likeness (QED) is 0.724. The summed E-state index contributed by atoms with van der Waals surface area (Å²) < 4.78 is 0. The third kappa shape index (κ3) is 4.88. The topological polar surface area (TPSA) is 32.3 Å². The Morgan fingerprint density at radius 3 is 2.41 bits per heavy atom. The van der Waals surface area contributed by atoms with E-state index in [1.807, 2.05) is 18.2 Å². The van der Waals surface area contributed by atoms with Gasteiger partial charge in [0.05, 0.1) is 12.6 Å². The number of unbranched alkanes of at least 4 members (excludes halogenated alkanes) is 1. The fourth-order valence-corrected chi connectivity index (χ4v) is 2.08. The highest BCUT2D eigenvalue weighted by atomic mass is 16.3. The van der Waals surface area contributed by atoms with Crippen molar-refractivity contribution in [2.75, 3.05) is 6.61 Å². The summed E-state index contributed by atoms with van der Waals surface area (Å²) in [6.45, 7) is 4.58. The van der Waals surface area contributed by atoms with Crippen molar-refractivity contribution in [3.05, 3.63) is 35.9 Å². The van der Waals surface area contributed by atoms with E-state index in [-0.39, 0.29) is 12.6 Å². The monoisotopic (exact) mass is 235 g/mol. The van der Waals surface area contributed by atoms with Gasteiger partial charge in [-0.1, -0.05) is 57.0 Å². The van der Waals surface area contributed by atoms with Crippen molar-refractivity contribution < 1.29 is 5.11 Å². The standard InChI is InChI=1S/C15H25NO/c1-3-5-11-14(4-2)16-15(12-17)13-9-7-6-8-10-13/h6-10,14-17H,3-5,11-12H2,1-2H3. The zero-order valence-corrected chi connectivity index (χ0v) is 11.0. The van der Waals surface area contributed by atoms with Crippen LogP contribution in [0.2, 0.25) is 0 Å². The number of aliphatic hydroxyl groups is 1. The van der Waals surface area contributed by atoms with Crippen LogP contribution in [-0.4, -0.2) is 17.8 Å². The summed E-state index contributed by atoms with van der Waals surface area (Å²) in [5.41, 5.74) is 1.17. The molecule has 0 saturated carbocycles. The lowest BCUT2D eigenvalue weighted by atomic mass is 10.0. The lowest BCUT2D eigenvalue weighted by Gasteiger charge is -2.24. The molecule has 1 aromatic rings. The van der Waals surface area contributed by atoms with E-state index in [1.54, 1.807) is 0 Å². The number of aliphatic hydroxyl groups excluding tert-OH is 1. The first kappa shape index (κ1) is 14.2. The molecule has 0 amide bonds. The molecule has 2 atom stereocenters. The van der Waals surface area contributed by atoms with E-state index in [9.17, 15) is 5.11 Å². The van der Waals surface area contributed by atoms with E-state index in [1.165, 1.54) is 24.8 Å². The number of benzene rings is 1. The van der Waals surface area contributed by atoms with Gasteiger partial charge in [-0.05, 0) is 18.4 Å². The molecule has 0 aromatic heterocycles. The van der Waals surface area contributed by atoms with Crippen molar-refractivity contribution in [3.8, 4) is 0 Å². The summed E-state index contributed by atoms with van der Waals surface area (Å²) in [5.74, 6) is 0. The van der Waals surface area contributed by atoms with Crippen molar-refractivity contribution in [1.29, 1.82) is 0 Å². The molecule has 0 aliphatic carbocycles. The maximum absolute atomic E-state index is 9.49. The van der Waals surface area contributed by atoms with Crippen LogP contribution in [0.5, 0.6) is 0 Å². The Hall–Kier alpha value is -0.860. The summed E-state index contributed by atoms with van der Waals surface area (Å²) in [6, 6.07) is 10.8. The zero-order valence-electron chi connectivity index (χ0n) is 11.0. The van der Waals surface area contributed by atoms with Crippen LogP contribution in [0.4, 0.5) is 0 Å². The Kier molecular flexibility index (Phi) is 6.90. The second kappa shape index (κ2) is 8.26. The first-order chi connectivity index (χ1) is 8.31. The van der Waals surface area contributed by atoms with E-state index in [0.717, 1.165) is 6.42 Å². The van der Waals surface area contributed by atoms with Crippen LogP contribution in [0.15, 0.2) is 30.3 Å². The number of hydrogen-bond donors (Lipinski definition) is 2. The molecule has 0 spiro atoms. The Morgan fingerprint density at radius 1 is 1.18 bits per heavy atom. The van der Waals surface area contributed by atoms with Crippen LogP contribution in [0.1, 0.15) is 51.1 Å². The van der Waals surface area contributed by atoms with Gasteiger partial charge in [0.25, 0.3) is 0 Å². The van der Waals surface area contributed by atoms with Gasteiger partial charge in [0.15, 0.2) is 0 Å². The smallest absolute Gasteiger partial charge is 0.0626 e. The molecule has 1 rings (SSSR count). The highest BCUT2D eigenvalue weighted by Gasteiger charge is 2.14. The predicted molar refractivity (Wildman–Crippen MR) is 73.0 cm³/mol. The molecule has 0 radical (unpaired) electrons. The van der Waals surface area contributed by atoms with Gasteiger partial charge in [-0.15, -0.1) is 0 Å². The number of rotatable bonds is 8. The molecule has 0 fully saturated rings. The second-order valence-electron chi connectivity index (χ2n) is 4.56.